The van der Waals surface area contributed by atoms with Gasteiger partial charge in [0.2, 0.25) is 0 Å². The van der Waals surface area contributed by atoms with E-state index in [0.717, 1.165) is 31.4 Å². The van der Waals surface area contributed by atoms with Crippen molar-refractivity contribution in [3.8, 4) is 0 Å². The summed E-state index contributed by atoms with van der Waals surface area (Å²) in [5.74, 6) is 0. The van der Waals surface area contributed by atoms with E-state index in [1.54, 1.807) is 5.57 Å². The molecule has 1 N–H and O–H groups in total. The lowest BCUT2D eigenvalue weighted by molar-refractivity contribution is 0.407. The van der Waals surface area contributed by atoms with Crippen LogP contribution in [0.4, 0.5) is 0 Å². The Hall–Kier alpha value is -0.785. The molecule has 0 aliphatic heterocycles. The van der Waals surface area contributed by atoms with Gasteiger partial charge in [-0.3, -0.25) is 0 Å². The molecule has 2 radical (unpaired) electrons. The summed E-state index contributed by atoms with van der Waals surface area (Å²) < 4.78 is 0. The molecule has 2 heteroatoms. The lowest BCUT2D eigenvalue weighted by Gasteiger charge is -2.29. The van der Waals surface area contributed by atoms with Crippen LogP contribution in [0, 0.1) is 16.2 Å². The van der Waals surface area contributed by atoms with Crippen LogP contribution in [0.5, 0.6) is 0 Å². The minimum absolute atomic E-state index is 0.0315. The Balaban J connectivity index is 2.46. The van der Waals surface area contributed by atoms with Crippen molar-refractivity contribution in [3.63, 3.8) is 0 Å². The minimum Gasteiger partial charge on any atom is -0.309 e. The van der Waals surface area contributed by atoms with Crippen LogP contribution < -0.4 is 0 Å². The molecule has 0 aromatic carbocycles. The smallest absolute Gasteiger partial charge is 0.0658 e. The fourth-order valence-corrected chi connectivity index (χ4v) is 3.18. The summed E-state index contributed by atoms with van der Waals surface area (Å²) in [5, 5.41) is 8.25. The van der Waals surface area contributed by atoms with E-state index in [1.165, 1.54) is 24.8 Å². The Morgan fingerprint density at radius 1 is 1.36 bits per heavy atom. The van der Waals surface area contributed by atoms with Gasteiger partial charge in [-0.2, -0.15) is 0 Å². The first-order valence-electron chi connectivity index (χ1n) is 8.88. The summed E-state index contributed by atoms with van der Waals surface area (Å²) in [6.07, 6.45) is 13.1. The van der Waals surface area contributed by atoms with E-state index in [0.29, 0.717) is 11.7 Å². The maximum Gasteiger partial charge on any atom is 0.0658 e. The first-order chi connectivity index (χ1) is 10.3. The molecular weight excluding hydrogens is 265 g/mol. The van der Waals surface area contributed by atoms with Gasteiger partial charge in [0.1, 0.15) is 0 Å². The highest BCUT2D eigenvalue weighted by atomic mass is 14.5. The number of hydrogen-bond donors (Lipinski definition) is 1. The number of nitrogens with one attached hydrogen (secondary N) is 1. The lowest BCUT2D eigenvalue weighted by Crippen LogP contribution is -2.26. The molecule has 1 saturated carbocycles. The monoisotopic (exact) mass is 299 g/mol. The van der Waals surface area contributed by atoms with Gasteiger partial charge in [-0.25, -0.2) is 0 Å². The third-order valence-corrected chi connectivity index (χ3v) is 5.47. The topological polar surface area (TPSA) is 23.9 Å². The third kappa shape index (κ3) is 5.45. The Morgan fingerprint density at radius 2 is 2.05 bits per heavy atom. The summed E-state index contributed by atoms with van der Waals surface area (Å²) in [7, 11) is 5.61. The highest BCUT2D eigenvalue weighted by Gasteiger charge is 2.42. The molecule has 1 rings (SSSR count). The molecule has 0 amide bonds. The predicted molar refractivity (Wildman–Crippen MR) is 100 cm³/mol. The predicted octanol–water partition coefficient (Wildman–Crippen LogP) is 6.26. The Kier molecular flexibility index (Phi) is 7.16. The van der Waals surface area contributed by atoms with E-state index in [4.69, 9.17) is 13.3 Å². The summed E-state index contributed by atoms with van der Waals surface area (Å²) >= 11 is 0. The molecule has 0 heterocycles. The zero-order valence-electron chi connectivity index (χ0n) is 15.4. The molecule has 0 spiro atoms. The molecule has 1 fully saturated rings. The van der Waals surface area contributed by atoms with Crippen molar-refractivity contribution in [1.29, 1.82) is 5.41 Å². The normalized spacial score (nSPS) is 24.9. The van der Waals surface area contributed by atoms with Crippen molar-refractivity contribution in [2.24, 2.45) is 10.8 Å². The van der Waals surface area contributed by atoms with Gasteiger partial charge in [0.15, 0.2) is 0 Å². The molecule has 0 aromatic heterocycles. The average molecular weight is 299 g/mol. The number of rotatable bonds is 10. The summed E-state index contributed by atoms with van der Waals surface area (Å²) in [6, 6.07) is 0. The number of hydrogen-bond acceptors (Lipinski definition) is 1. The van der Waals surface area contributed by atoms with Crippen LogP contribution in [0.1, 0.15) is 79.6 Å². The second-order valence-electron chi connectivity index (χ2n) is 7.76. The standard InChI is InChI=1S/C20H34BN/c1-6-19(4,18(22)11-14-21)12-8-10-17-15-20(17,5)13-7-9-16(2)3/h9-10,22H,6-8,11-15H2,1-5H3. The van der Waals surface area contributed by atoms with Gasteiger partial charge in [0.25, 0.3) is 0 Å². The molecule has 2 atom stereocenters. The average Bonchev–Trinajstić information content (AvgIpc) is 3.08. The second-order valence-corrected chi connectivity index (χ2v) is 7.76. The Bertz CT molecular complexity index is 445. The zero-order chi connectivity index (χ0) is 16.8. The van der Waals surface area contributed by atoms with E-state index in [2.05, 4.69) is 46.8 Å². The number of allylic oxidation sites excluding steroid dienone is 4. The van der Waals surface area contributed by atoms with Crippen molar-refractivity contribution >= 4 is 13.6 Å². The van der Waals surface area contributed by atoms with Crippen LogP contribution in [-0.2, 0) is 0 Å². The fourth-order valence-electron chi connectivity index (χ4n) is 3.18. The fraction of sp³-hybridized carbons (Fsp3) is 0.750. The lowest BCUT2D eigenvalue weighted by atomic mass is 9.75. The highest BCUT2D eigenvalue weighted by Crippen LogP contribution is 2.55. The van der Waals surface area contributed by atoms with E-state index in [-0.39, 0.29) is 5.41 Å². The minimum atomic E-state index is 0.0315. The van der Waals surface area contributed by atoms with Gasteiger partial charge in [0.05, 0.1) is 7.85 Å². The molecule has 22 heavy (non-hydrogen) atoms. The van der Waals surface area contributed by atoms with Crippen molar-refractivity contribution in [3.05, 3.63) is 23.3 Å². The third-order valence-electron chi connectivity index (χ3n) is 5.47. The Morgan fingerprint density at radius 3 is 2.59 bits per heavy atom. The van der Waals surface area contributed by atoms with Crippen LogP contribution in [0.25, 0.3) is 0 Å². The molecule has 1 aliphatic carbocycles. The molecule has 2 unspecified atom stereocenters. The molecule has 122 valence electrons. The van der Waals surface area contributed by atoms with Crippen LogP contribution in [0.2, 0.25) is 6.32 Å². The first-order valence-corrected chi connectivity index (χ1v) is 8.88. The highest BCUT2D eigenvalue weighted by molar-refractivity contribution is 6.10. The van der Waals surface area contributed by atoms with Crippen molar-refractivity contribution < 1.29 is 0 Å². The maximum atomic E-state index is 8.25. The largest absolute Gasteiger partial charge is 0.309 e. The van der Waals surface area contributed by atoms with E-state index < -0.39 is 0 Å². The quantitative estimate of drug-likeness (QED) is 0.279. The molecular formula is C20H34BN. The molecule has 1 aliphatic rings. The summed E-state index contributed by atoms with van der Waals surface area (Å²) in [5.41, 5.74) is 4.38. The summed E-state index contributed by atoms with van der Waals surface area (Å²) in [4.78, 5) is 0. The van der Waals surface area contributed by atoms with Crippen molar-refractivity contribution in [2.45, 2.75) is 85.9 Å². The Labute approximate surface area is 139 Å². The summed E-state index contributed by atoms with van der Waals surface area (Å²) in [6.45, 7) is 11.2. The van der Waals surface area contributed by atoms with Crippen LogP contribution in [0.15, 0.2) is 23.3 Å². The second kappa shape index (κ2) is 8.18. The van der Waals surface area contributed by atoms with Gasteiger partial charge in [-0.1, -0.05) is 50.4 Å². The zero-order valence-corrected chi connectivity index (χ0v) is 15.4. The van der Waals surface area contributed by atoms with Crippen LogP contribution >= 0.6 is 0 Å². The van der Waals surface area contributed by atoms with E-state index >= 15 is 0 Å². The van der Waals surface area contributed by atoms with Gasteiger partial charge in [-0.15, -0.1) is 0 Å². The van der Waals surface area contributed by atoms with Crippen LogP contribution in [-0.4, -0.2) is 13.6 Å². The van der Waals surface area contributed by atoms with Crippen LogP contribution in [0.3, 0.4) is 0 Å². The van der Waals surface area contributed by atoms with E-state index in [9.17, 15) is 0 Å². The molecule has 0 bridgehead atoms. The molecule has 1 nitrogen and oxygen atoms in total. The first kappa shape index (κ1) is 19.3. The molecule has 0 aromatic rings. The van der Waals surface area contributed by atoms with Crippen molar-refractivity contribution in [2.75, 3.05) is 0 Å². The van der Waals surface area contributed by atoms with E-state index in [1.807, 2.05) is 0 Å². The van der Waals surface area contributed by atoms with Gasteiger partial charge in [-0.05, 0) is 64.2 Å². The van der Waals surface area contributed by atoms with Gasteiger partial charge in [0, 0.05) is 11.1 Å². The van der Waals surface area contributed by atoms with Gasteiger partial charge >= 0.3 is 0 Å². The van der Waals surface area contributed by atoms with Crippen molar-refractivity contribution in [1.82, 2.24) is 0 Å². The van der Waals surface area contributed by atoms with Gasteiger partial charge < -0.3 is 5.41 Å². The SMILES string of the molecule is [B]CCC(=N)C(C)(CC)CCC=C1CC1(C)CCC=C(C)C. The maximum absolute atomic E-state index is 8.25. The molecule has 0 saturated heterocycles.